The van der Waals surface area contributed by atoms with Gasteiger partial charge in [0, 0.05) is 63.3 Å². The van der Waals surface area contributed by atoms with Gasteiger partial charge in [-0.1, -0.05) is 87.0 Å². The summed E-state index contributed by atoms with van der Waals surface area (Å²) in [5, 5.41) is 13.1. The highest BCUT2D eigenvalue weighted by atomic mass is 32.2. The lowest BCUT2D eigenvalue weighted by atomic mass is 9.94. The minimum absolute atomic E-state index is 0.204. The predicted octanol–water partition coefficient (Wildman–Crippen LogP) is 9.44. The van der Waals surface area contributed by atoms with Crippen molar-refractivity contribution in [2.24, 2.45) is 35.5 Å². The number of nitrogens with one attached hydrogen (secondary N) is 3. The number of carbonyl (C=O) groups excluding carboxylic acids is 1. The molecule has 0 radical (unpaired) electrons. The van der Waals surface area contributed by atoms with Crippen LogP contribution in [0.2, 0.25) is 0 Å². The molecule has 3 unspecified atom stereocenters. The number of fused-ring (bicyclic) bond motifs is 3. The van der Waals surface area contributed by atoms with E-state index in [1.54, 1.807) is 0 Å². The number of rotatable bonds is 12. The fourth-order valence-corrected chi connectivity index (χ4v) is 13.2. The highest BCUT2D eigenvalue weighted by Gasteiger charge is 2.43. The first-order chi connectivity index (χ1) is 21.9. The molecule has 0 bridgehead atoms. The molecule has 0 aromatic carbocycles. The number of ketones is 1. The van der Waals surface area contributed by atoms with E-state index in [4.69, 9.17) is 0 Å². The van der Waals surface area contributed by atoms with Crippen molar-refractivity contribution in [1.82, 2.24) is 16.0 Å². The highest BCUT2D eigenvalue weighted by molar-refractivity contribution is 8.00. The van der Waals surface area contributed by atoms with Crippen molar-refractivity contribution < 1.29 is 4.79 Å². The first-order valence-electron chi connectivity index (χ1n) is 18.6. The van der Waals surface area contributed by atoms with Crippen LogP contribution >= 0.6 is 35.3 Å². The Morgan fingerprint density at radius 2 is 1.13 bits per heavy atom. The maximum Gasteiger partial charge on any atom is 0.135 e. The van der Waals surface area contributed by atoms with Crippen molar-refractivity contribution in [3.05, 3.63) is 36.8 Å². The quantitative estimate of drug-likeness (QED) is 0.177. The number of carbonyl (C=O) groups is 1. The standard InChI is InChI=1S/C15H25NOS.C14H25NS.C10H17NS/c1-10(2)13(17)6-4-5-7-14-15-12(9-18-14)8-11(3)16-15;1-10(2)6-4-5-7-13-14-12(9-16-13)8-11(3)15-14;1-6(2)10-9-8(5-12-10)4-7(3)11-9/h10,12,14-16H,3-9H2,1-2H3;10,12-15H,3-9H2,1-2H3;6,8-11H,3-5H2,1-2H3/t12-,14?,15-;12-,13?,14-;8-,9-,10?/m111/s1. The van der Waals surface area contributed by atoms with Crippen LogP contribution in [-0.2, 0) is 4.79 Å². The molecule has 6 aliphatic heterocycles. The molecule has 6 heterocycles. The van der Waals surface area contributed by atoms with Gasteiger partial charge in [0.1, 0.15) is 5.78 Å². The van der Waals surface area contributed by atoms with E-state index in [1.807, 2.05) is 13.8 Å². The summed E-state index contributed by atoms with van der Waals surface area (Å²) in [4.78, 5) is 11.5. The summed E-state index contributed by atoms with van der Waals surface area (Å²) in [6.45, 7) is 25.4. The number of Topliss-reactive ketones (excluding diaryl/α,β-unsaturated/α-hetero) is 1. The molecule has 0 amide bonds. The zero-order chi connectivity index (χ0) is 33.4. The Morgan fingerprint density at radius 3 is 1.61 bits per heavy atom. The minimum atomic E-state index is 0.204. The molecule has 6 aliphatic rings. The van der Waals surface area contributed by atoms with Gasteiger partial charge >= 0.3 is 0 Å². The molecule has 4 nitrogen and oxygen atoms in total. The number of unbranched alkanes of at least 4 members (excludes halogenated alkanes) is 2. The zero-order valence-corrected chi connectivity index (χ0v) is 32.5. The molecule has 46 heavy (non-hydrogen) atoms. The van der Waals surface area contributed by atoms with Crippen molar-refractivity contribution >= 4 is 41.1 Å². The maximum atomic E-state index is 11.5. The van der Waals surface area contributed by atoms with Crippen molar-refractivity contribution in [1.29, 1.82) is 0 Å². The van der Waals surface area contributed by atoms with E-state index < -0.39 is 0 Å². The van der Waals surface area contributed by atoms with Crippen molar-refractivity contribution in [2.45, 2.75) is 146 Å². The van der Waals surface area contributed by atoms with Gasteiger partial charge in [-0.05, 0) is 85.4 Å². The normalized spacial score (nSPS) is 34.0. The molecule has 0 aliphatic carbocycles. The van der Waals surface area contributed by atoms with Gasteiger partial charge in [0.25, 0.3) is 0 Å². The van der Waals surface area contributed by atoms with Gasteiger partial charge in [-0.2, -0.15) is 35.3 Å². The van der Waals surface area contributed by atoms with Crippen LogP contribution in [0, 0.1) is 35.5 Å². The molecule has 0 spiro atoms. The highest BCUT2D eigenvalue weighted by Crippen LogP contribution is 2.43. The molecular weight excluding hydrogens is 623 g/mol. The lowest BCUT2D eigenvalue weighted by molar-refractivity contribution is -0.122. The Morgan fingerprint density at radius 1 is 0.674 bits per heavy atom. The number of allylic oxidation sites excluding steroid dienone is 3. The van der Waals surface area contributed by atoms with Crippen LogP contribution in [0.1, 0.15) is 112 Å². The third kappa shape index (κ3) is 10.9. The van der Waals surface area contributed by atoms with E-state index in [9.17, 15) is 4.79 Å². The van der Waals surface area contributed by atoms with Crippen LogP contribution in [-0.4, -0.2) is 56.9 Å². The average Bonchev–Trinajstić information content (AvgIpc) is 3.82. The van der Waals surface area contributed by atoms with Crippen LogP contribution in [0.25, 0.3) is 0 Å². The van der Waals surface area contributed by atoms with Gasteiger partial charge in [0.05, 0.1) is 0 Å². The SMILES string of the molecule is C=C1C[C@@H]2CSC(C(C)C)[C@@H]2N1.C=C1C[C@@H]2CSC(CCCCC(=O)C(C)C)[C@@H]2N1.C=C1C[C@@H]2CSC(CCCCC(C)C)[C@@H]2N1. The van der Waals surface area contributed by atoms with Crippen molar-refractivity contribution in [2.75, 3.05) is 17.3 Å². The van der Waals surface area contributed by atoms with Crippen LogP contribution in [0.3, 0.4) is 0 Å². The fraction of sp³-hybridized carbons (Fsp3) is 0.821. The van der Waals surface area contributed by atoms with Crippen molar-refractivity contribution in [3.63, 3.8) is 0 Å². The molecular formula is C39H67N3OS3. The number of hydrogen-bond acceptors (Lipinski definition) is 7. The van der Waals surface area contributed by atoms with Gasteiger partial charge in [-0.25, -0.2) is 0 Å². The minimum Gasteiger partial charge on any atom is -0.385 e. The molecule has 9 atom stereocenters. The largest absolute Gasteiger partial charge is 0.385 e. The molecule has 0 aromatic heterocycles. The Hall–Kier alpha value is -0.660. The molecule has 6 rings (SSSR count). The van der Waals surface area contributed by atoms with Gasteiger partial charge in [0.2, 0.25) is 0 Å². The van der Waals surface area contributed by atoms with Crippen LogP contribution in [0.4, 0.5) is 0 Å². The van der Waals surface area contributed by atoms with Gasteiger partial charge < -0.3 is 16.0 Å². The molecule has 262 valence electrons. The first kappa shape index (κ1) is 38.1. The Labute approximate surface area is 296 Å². The summed E-state index contributed by atoms with van der Waals surface area (Å²) in [6, 6.07) is 2.13. The first-order valence-corrected chi connectivity index (χ1v) is 21.8. The van der Waals surface area contributed by atoms with Crippen LogP contribution in [0.5, 0.6) is 0 Å². The van der Waals surface area contributed by atoms with E-state index in [0.29, 0.717) is 11.8 Å². The fourth-order valence-electron chi connectivity index (χ4n) is 8.20. The second-order valence-corrected chi connectivity index (χ2v) is 19.8. The molecule has 3 N–H and O–H groups in total. The van der Waals surface area contributed by atoms with Crippen molar-refractivity contribution in [3.8, 4) is 0 Å². The summed E-state index contributed by atoms with van der Waals surface area (Å²) in [6.07, 6.45) is 13.5. The second kappa shape index (κ2) is 18.4. The summed E-state index contributed by atoms with van der Waals surface area (Å²) in [5.41, 5.74) is 3.77. The van der Waals surface area contributed by atoms with E-state index in [-0.39, 0.29) is 5.92 Å². The summed E-state index contributed by atoms with van der Waals surface area (Å²) < 4.78 is 0. The summed E-state index contributed by atoms with van der Waals surface area (Å²) >= 11 is 6.45. The zero-order valence-electron chi connectivity index (χ0n) is 30.1. The number of hydrogen-bond donors (Lipinski definition) is 3. The topological polar surface area (TPSA) is 53.2 Å². The molecule has 0 aromatic rings. The Bertz CT molecular complexity index is 1030. The second-order valence-electron chi connectivity index (χ2n) is 16.0. The molecule has 6 saturated heterocycles. The Kier molecular flexibility index (Phi) is 15.2. The van der Waals surface area contributed by atoms with Crippen LogP contribution < -0.4 is 16.0 Å². The molecule has 6 fully saturated rings. The smallest absolute Gasteiger partial charge is 0.135 e. The lowest BCUT2D eigenvalue weighted by Gasteiger charge is -2.21. The third-order valence-corrected chi connectivity index (χ3v) is 15.8. The summed E-state index contributed by atoms with van der Waals surface area (Å²) in [7, 11) is 0. The monoisotopic (exact) mass is 689 g/mol. The molecule has 7 heteroatoms. The maximum absolute atomic E-state index is 11.5. The van der Waals surface area contributed by atoms with Crippen LogP contribution in [0.15, 0.2) is 36.8 Å². The van der Waals surface area contributed by atoms with E-state index in [1.165, 1.54) is 92.1 Å². The van der Waals surface area contributed by atoms with E-state index >= 15 is 0 Å². The van der Waals surface area contributed by atoms with Gasteiger partial charge in [0.15, 0.2) is 0 Å². The average molecular weight is 690 g/mol. The third-order valence-electron chi connectivity index (χ3n) is 10.9. The van der Waals surface area contributed by atoms with Gasteiger partial charge in [-0.3, -0.25) is 4.79 Å². The summed E-state index contributed by atoms with van der Waals surface area (Å²) in [5.74, 6) is 8.82. The lowest BCUT2D eigenvalue weighted by Crippen LogP contribution is -2.35. The number of thioether (sulfide) groups is 3. The predicted molar refractivity (Wildman–Crippen MR) is 208 cm³/mol. The van der Waals surface area contributed by atoms with E-state index in [0.717, 1.165) is 70.3 Å². The Balaban J connectivity index is 0.000000160. The molecule has 0 saturated carbocycles. The van der Waals surface area contributed by atoms with E-state index in [2.05, 4.69) is 98.7 Å². The van der Waals surface area contributed by atoms with Gasteiger partial charge in [-0.15, -0.1) is 0 Å².